The third-order valence-electron chi connectivity index (χ3n) is 11.4. The summed E-state index contributed by atoms with van der Waals surface area (Å²) in [7, 11) is 0. The topological polar surface area (TPSA) is 17.0 Å². The second-order valence-corrected chi connectivity index (χ2v) is 14.9. The van der Waals surface area contributed by atoms with Crippen molar-refractivity contribution in [3.8, 4) is 50.2 Å². The van der Waals surface area contributed by atoms with Crippen LogP contribution in [0, 0.1) is 0 Å². The minimum atomic E-state index is 0.353. The van der Waals surface area contributed by atoms with Gasteiger partial charge in [0.05, 0.1) is 5.52 Å². The average Bonchev–Trinajstić information content (AvgIpc) is 3.61. The molecular formula is C54H42N2. The third-order valence-corrected chi connectivity index (χ3v) is 11.4. The van der Waals surface area contributed by atoms with Gasteiger partial charge < -0.3 is 9.88 Å². The van der Waals surface area contributed by atoms with E-state index in [1.54, 1.807) is 0 Å². The molecule has 0 aliphatic heterocycles. The zero-order valence-electron chi connectivity index (χ0n) is 31.3. The van der Waals surface area contributed by atoms with Gasteiger partial charge in [0.25, 0.3) is 0 Å². The molecule has 2 nitrogen and oxygen atoms in total. The van der Waals surface area contributed by atoms with Gasteiger partial charge in [0.1, 0.15) is 0 Å². The van der Waals surface area contributed by atoms with Crippen molar-refractivity contribution in [3.63, 3.8) is 0 Å². The third kappa shape index (κ3) is 6.50. The normalized spacial score (nSPS) is 14.5. The highest BCUT2D eigenvalue weighted by Gasteiger charge is 2.20. The Balaban J connectivity index is 0.998. The molecule has 56 heavy (non-hydrogen) atoms. The fourth-order valence-corrected chi connectivity index (χ4v) is 8.56. The van der Waals surface area contributed by atoms with Crippen LogP contribution in [-0.2, 0) is 6.42 Å². The number of rotatable bonds is 8. The Morgan fingerprint density at radius 3 is 2.02 bits per heavy atom. The van der Waals surface area contributed by atoms with Crippen molar-refractivity contribution in [1.82, 2.24) is 4.57 Å². The molecule has 0 saturated carbocycles. The van der Waals surface area contributed by atoms with E-state index in [-0.39, 0.29) is 0 Å². The SMILES string of the molecule is C1=CCC(c2cc(Nc3ccccc3-c3cccc(-c4ccc5c(c4)c4c(n5-c5ccc(-c6ccccc6)cc5)CCC=C4)c3)cc(-c3ccccc3)c2)C=C1. The van der Waals surface area contributed by atoms with Gasteiger partial charge in [0.2, 0.25) is 0 Å². The van der Waals surface area contributed by atoms with Crippen molar-refractivity contribution in [2.45, 2.75) is 25.2 Å². The van der Waals surface area contributed by atoms with E-state index in [0.717, 1.165) is 30.6 Å². The summed E-state index contributed by atoms with van der Waals surface area (Å²) in [5.41, 5.74) is 18.4. The summed E-state index contributed by atoms with van der Waals surface area (Å²) in [6, 6.07) is 62.0. The van der Waals surface area contributed by atoms with Gasteiger partial charge in [-0.1, -0.05) is 158 Å². The molecule has 1 heterocycles. The maximum atomic E-state index is 3.86. The van der Waals surface area contributed by atoms with E-state index in [1.165, 1.54) is 77.9 Å². The van der Waals surface area contributed by atoms with E-state index in [1.807, 2.05) is 0 Å². The zero-order valence-corrected chi connectivity index (χ0v) is 31.3. The summed E-state index contributed by atoms with van der Waals surface area (Å²) in [5.74, 6) is 0.353. The largest absolute Gasteiger partial charge is 0.355 e. The first-order valence-electron chi connectivity index (χ1n) is 19.8. The Labute approximate surface area is 329 Å². The van der Waals surface area contributed by atoms with Crippen molar-refractivity contribution >= 4 is 28.4 Å². The van der Waals surface area contributed by atoms with Crippen LogP contribution in [0.15, 0.2) is 200 Å². The Morgan fingerprint density at radius 2 is 1.21 bits per heavy atom. The molecule has 0 saturated heterocycles. The van der Waals surface area contributed by atoms with Gasteiger partial charge in [0.15, 0.2) is 0 Å². The highest BCUT2D eigenvalue weighted by Crippen LogP contribution is 2.39. The summed E-state index contributed by atoms with van der Waals surface area (Å²) < 4.78 is 2.48. The number of para-hydroxylation sites is 1. The molecule has 0 bridgehead atoms. The van der Waals surface area contributed by atoms with Crippen LogP contribution in [0.1, 0.15) is 35.6 Å². The maximum Gasteiger partial charge on any atom is 0.0538 e. The molecule has 1 aromatic heterocycles. The standard InChI is InChI=1S/C54H42N2/c1-4-15-38(16-5-1)41-27-30-48(31-28-41)56-53-26-13-11-24-50(53)51-37-43(29-32-54(51)56)42-21-14-22-44(33-42)49-23-10-12-25-52(49)55-47-35-45(39-17-6-2-7-18-39)34-46(36-47)40-19-8-3-9-20-40/h1-12,14-19,21-25,27-37,40,55H,13,20,26H2. The number of nitrogens with zero attached hydrogens (tertiary/aromatic N) is 1. The molecule has 1 unspecified atom stereocenters. The number of benzene rings is 7. The lowest BCUT2D eigenvalue weighted by atomic mass is 9.89. The van der Waals surface area contributed by atoms with E-state index in [0.29, 0.717) is 5.92 Å². The summed E-state index contributed by atoms with van der Waals surface area (Å²) in [6.45, 7) is 0. The average molecular weight is 719 g/mol. The molecule has 7 aromatic carbocycles. The predicted octanol–water partition coefficient (Wildman–Crippen LogP) is 14.6. The molecule has 0 spiro atoms. The molecule has 0 fully saturated rings. The Hall–Kier alpha value is -6.90. The van der Waals surface area contributed by atoms with Gasteiger partial charge in [-0.05, 0) is 112 Å². The fourth-order valence-electron chi connectivity index (χ4n) is 8.56. The summed E-state index contributed by atoms with van der Waals surface area (Å²) in [5, 5.41) is 5.15. The number of aromatic nitrogens is 1. The molecule has 2 heteroatoms. The summed E-state index contributed by atoms with van der Waals surface area (Å²) >= 11 is 0. The van der Waals surface area contributed by atoms with Gasteiger partial charge in [0, 0.05) is 45.2 Å². The molecule has 2 aliphatic rings. The second-order valence-electron chi connectivity index (χ2n) is 14.9. The van der Waals surface area contributed by atoms with Gasteiger partial charge in [-0.25, -0.2) is 0 Å². The minimum absolute atomic E-state index is 0.353. The van der Waals surface area contributed by atoms with Crippen molar-refractivity contribution in [3.05, 3.63) is 217 Å². The molecule has 1 atom stereocenters. The van der Waals surface area contributed by atoms with Crippen LogP contribution in [0.4, 0.5) is 11.4 Å². The number of allylic oxidation sites excluding steroid dienone is 5. The van der Waals surface area contributed by atoms with Crippen LogP contribution in [-0.4, -0.2) is 4.57 Å². The molecular weight excluding hydrogens is 677 g/mol. The summed E-state index contributed by atoms with van der Waals surface area (Å²) in [6.07, 6.45) is 16.6. The van der Waals surface area contributed by atoms with Gasteiger partial charge >= 0.3 is 0 Å². The number of hydrogen-bond donors (Lipinski definition) is 1. The Kier molecular flexibility index (Phi) is 8.85. The lowest BCUT2D eigenvalue weighted by Crippen LogP contribution is -2.02. The smallest absolute Gasteiger partial charge is 0.0538 e. The van der Waals surface area contributed by atoms with Crippen LogP contribution >= 0.6 is 0 Å². The first-order valence-corrected chi connectivity index (χ1v) is 19.8. The Bertz CT molecular complexity index is 2780. The molecule has 0 radical (unpaired) electrons. The molecule has 0 amide bonds. The predicted molar refractivity (Wildman–Crippen MR) is 238 cm³/mol. The number of anilines is 2. The lowest BCUT2D eigenvalue weighted by molar-refractivity contribution is 0.854. The quantitative estimate of drug-likeness (QED) is 0.166. The lowest BCUT2D eigenvalue weighted by Gasteiger charge is -2.19. The molecule has 2 aliphatic carbocycles. The van der Waals surface area contributed by atoms with Crippen LogP contribution in [0.3, 0.4) is 0 Å². The van der Waals surface area contributed by atoms with Crippen molar-refractivity contribution in [2.75, 3.05) is 5.32 Å². The van der Waals surface area contributed by atoms with Crippen LogP contribution in [0.25, 0.3) is 67.2 Å². The van der Waals surface area contributed by atoms with Gasteiger partial charge in [-0.2, -0.15) is 0 Å². The minimum Gasteiger partial charge on any atom is -0.355 e. The highest BCUT2D eigenvalue weighted by atomic mass is 15.0. The molecule has 10 rings (SSSR count). The Morgan fingerprint density at radius 1 is 0.518 bits per heavy atom. The zero-order chi connectivity index (χ0) is 37.3. The van der Waals surface area contributed by atoms with E-state index >= 15 is 0 Å². The van der Waals surface area contributed by atoms with Gasteiger partial charge in [-0.15, -0.1) is 0 Å². The van der Waals surface area contributed by atoms with Crippen molar-refractivity contribution in [2.24, 2.45) is 0 Å². The van der Waals surface area contributed by atoms with Crippen molar-refractivity contribution < 1.29 is 0 Å². The van der Waals surface area contributed by atoms with Crippen LogP contribution in [0.2, 0.25) is 0 Å². The number of fused-ring (bicyclic) bond motifs is 3. The molecule has 1 N–H and O–H groups in total. The first-order chi connectivity index (χ1) is 27.7. The van der Waals surface area contributed by atoms with E-state index in [2.05, 4.69) is 216 Å². The van der Waals surface area contributed by atoms with E-state index < -0.39 is 0 Å². The number of hydrogen-bond acceptors (Lipinski definition) is 1. The maximum absolute atomic E-state index is 3.86. The van der Waals surface area contributed by atoms with Gasteiger partial charge in [-0.3, -0.25) is 0 Å². The molecule has 8 aromatic rings. The fraction of sp³-hybridized carbons (Fsp3) is 0.0741. The number of nitrogens with one attached hydrogen (secondary N) is 1. The van der Waals surface area contributed by atoms with E-state index in [9.17, 15) is 0 Å². The van der Waals surface area contributed by atoms with Crippen molar-refractivity contribution in [1.29, 1.82) is 0 Å². The van der Waals surface area contributed by atoms with E-state index in [4.69, 9.17) is 0 Å². The summed E-state index contributed by atoms with van der Waals surface area (Å²) in [4.78, 5) is 0. The first kappa shape index (κ1) is 33.7. The second kappa shape index (κ2) is 14.7. The highest BCUT2D eigenvalue weighted by molar-refractivity contribution is 5.96. The molecule has 268 valence electrons. The monoisotopic (exact) mass is 718 g/mol. The van der Waals surface area contributed by atoms with Crippen LogP contribution in [0.5, 0.6) is 0 Å². The van der Waals surface area contributed by atoms with Crippen LogP contribution < -0.4 is 5.32 Å².